The Bertz CT molecular complexity index is 237. The Labute approximate surface area is 73.2 Å². The summed E-state index contributed by atoms with van der Waals surface area (Å²) in [5.74, 6) is 1.71. The van der Waals surface area contributed by atoms with Gasteiger partial charge in [0.15, 0.2) is 0 Å². The van der Waals surface area contributed by atoms with Gasteiger partial charge in [0.2, 0.25) is 0 Å². The quantitative estimate of drug-likeness (QED) is 0.535. The van der Waals surface area contributed by atoms with Gasteiger partial charge in [0, 0.05) is 12.8 Å². The van der Waals surface area contributed by atoms with Crippen LogP contribution in [0.15, 0.2) is 24.3 Å². The average Bonchev–Trinajstić information content (AvgIpc) is 2.28. The van der Waals surface area contributed by atoms with Gasteiger partial charge >= 0.3 is 0 Å². The minimum Gasteiger partial charge on any atom is -0.300 e. The van der Waals surface area contributed by atoms with Crippen molar-refractivity contribution < 1.29 is 4.79 Å². The second-order valence-corrected chi connectivity index (χ2v) is 3.75. The van der Waals surface area contributed by atoms with Crippen LogP contribution in [0.25, 0.3) is 0 Å². The summed E-state index contributed by atoms with van der Waals surface area (Å²) in [6.45, 7) is 0. The largest absolute Gasteiger partial charge is 0.300 e. The molecule has 0 amide bonds. The first-order valence-electron chi connectivity index (χ1n) is 4.71. The lowest BCUT2D eigenvalue weighted by Crippen LogP contribution is -2.22. The van der Waals surface area contributed by atoms with Crippen molar-refractivity contribution in [3.63, 3.8) is 0 Å². The highest BCUT2D eigenvalue weighted by atomic mass is 16.1. The van der Waals surface area contributed by atoms with Crippen molar-refractivity contribution in [3.8, 4) is 0 Å². The van der Waals surface area contributed by atoms with E-state index in [2.05, 4.69) is 24.3 Å². The van der Waals surface area contributed by atoms with E-state index in [0.717, 1.165) is 31.6 Å². The number of carbonyl (C=O) groups is 1. The third-order valence-electron chi connectivity index (χ3n) is 2.91. The summed E-state index contributed by atoms with van der Waals surface area (Å²) in [6.07, 6.45) is 12.4. The first kappa shape index (κ1) is 7.78. The van der Waals surface area contributed by atoms with Gasteiger partial charge in [-0.1, -0.05) is 24.3 Å². The molecule has 0 aromatic heterocycles. The molecule has 0 aromatic rings. The van der Waals surface area contributed by atoms with E-state index in [9.17, 15) is 4.79 Å². The molecule has 0 bridgehead atoms. The van der Waals surface area contributed by atoms with Gasteiger partial charge in [-0.3, -0.25) is 4.79 Å². The van der Waals surface area contributed by atoms with Gasteiger partial charge in [0.25, 0.3) is 0 Å². The van der Waals surface area contributed by atoms with Crippen LogP contribution in [0.2, 0.25) is 0 Å². The maximum absolute atomic E-state index is 11.2. The topological polar surface area (TPSA) is 17.1 Å². The van der Waals surface area contributed by atoms with Gasteiger partial charge in [0.05, 0.1) is 0 Å². The lowest BCUT2D eigenvalue weighted by atomic mass is 9.77. The van der Waals surface area contributed by atoms with E-state index >= 15 is 0 Å². The Morgan fingerprint density at radius 1 is 1.33 bits per heavy atom. The Morgan fingerprint density at radius 3 is 3.17 bits per heavy atom. The Hall–Kier alpha value is -0.850. The first-order chi connectivity index (χ1) is 5.86. The summed E-state index contributed by atoms with van der Waals surface area (Å²) in [4.78, 5) is 11.2. The van der Waals surface area contributed by atoms with Crippen molar-refractivity contribution in [3.05, 3.63) is 24.3 Å². The van der Waals surface area contributed by atoms with E-state index in [1.165, 1.54) is 0 Å². The van der Waals surface area contributed by atoms with Crippen LogP contribution in [-0.2, 0) is 4.79 Å². The van der Waals surface area contributed by atoms with Crippen LogP contribution in [0.4, 0.5) is 0 Å². The van der Waals surface area contributed by atoms with Gasteiger partial charge in [-0.25, -0.2) is 0 Å². The smallest absolute Gasteiger partial charge is 0.133 e. The molecular formula is C11H14O. The molecule has 0 unspecified atom stereocenters. The number of ketones is 1. The lowest BCUT2D eigenvalue weighted by Gasteiger charge is -2.26. The van der Waals surface area contributed by atoms with E-state index in [-0.39, 0.29) is 0 Å². The monoisotopic (exact) mass is 162 g/mol. The van der Waals surface area contributed by atoms with E-state index in [0.29, 0.717) is 11.7 Å². The molecule has 64 valence electrons. The van der Waals surface area contributed by atoms with Gasteiger partial charge in [-0.05, 0) is 24.7 Å². The Morgan fingerprint density at radius 2 is 2.25 bits per heavy atom. The van der Waals surface area contributed by atoms with Crippen LogP contribution < -0.4 is 0 Å². The van der Waals surface area contributed by atoms with E-state index in [4.69, 9.17) is 0 Å². The fraction of sp³-hybridized carbons (Fsp3) is 0.545. The minimum absolute atomic E-state index is 0.447. The third kappa shape index (κ3) is 1.50. The first-order valence-corrected chi connectivity index (χ1v) is 4.71. The van der Waals surface area contributed by atoms with E-state index in [1.54, 1.807) is 0 Å². The average molecular weight is 162 g/mol. The molecule has 1 fully saturated rings. The van der Waals surface area contributed by atoms with Crippen LogP contribution in [0, 0.1) is 11.8 Å². The number of allylic oxidation sites excluding steroid dienone is 4. The number of fused-ring (bicyclic) bond motifs is 1. The van der Waals surface area contributed by atoms with Crippen LogP contribution in [-0.4, -0.2) is 5.78 Å². The summed E-state index contributed by atoms with van der Waals surface area (Å²) < 4.78 is 0. The van der Waals surface area contributed by atoms with Crippen LogP contribution >= 0.6 is 0 Å². The number of carbonyl (C=O) groups excluding carboxylic acids is 1. The van der Waals surface area contributed by atoms with Gasteiger partial charge in [-0.15, -0.1) is 0 Å². The zero-order valence-electron chi connectivity index (χ0n) is 7.20. The maximum atomic E-state index is 11.2. The normalized spacial score (nSPS) is 34.5. The molecule has 2 aliphatic rings. The number of hydrogen-bond donors (Lipinski definition) is 0. The van der Waals surface area contributed by atoms with Crippen molar-refractivity contribution in [2.24, 2.45) is 11.8 Å². The van der Waals surface area contributed by atoms with Crippen molar-refractivity contribution in [1.82, 2.24) is 0 Å². The Kier molecular flexibility index (Phi) is 2.11. The van der Waals surface area contributed by atoms with Gasteiger partial charge in [0.1, 0.15) is 5.78 Å². The van der Waals surface area contributed by atoms with Crippen molar-refractivity contribution >= 4 is 5.78 Å². The van der Waals surface area contributed by atoms with Crippen LogP contribution in [0.3, 0.4) is 0 Å². The number of hydrogen-bond acceptors (Lipinski definition) is 1. The summed E-state index contributed by atoms with van der Waals surface area (Å²) >= 11 is 0. The SMILES string of the molecule is O=C1CC[C@@H]2CC=CC=C[C@H]2C1. The molecule has 2 rings (SSSR count). The summed E-state index contributed by atoms with van der Waals surface area (Å²) in [7, 11) is 0. The molecule has 0 aliphatic heterocycles. The van der Waals surface area contributed by atoms with Gasteiger partial charge in [-0.2, -0.15) is 0 Å². The molecule has 1 saturated carbocycles. The van der Waals surface area contributed by atoms with Crippen molar-refractivity contribution in [2.75, 3.05) is 0 Å². The molecule has 0 heterocycles. The molecule has 2 aliphatic carbocycles. The number of Topliss-reactive ketones (excluding diaryl/α,β-unsaturated/α-hetero) is 1. The molecule has 2 atom stereocenters. The molecule has 1 nitrogen and oxygen atoms in total. The summed E-state index contributed by atoms with van der Waals surface area (Å²) in [5.41, 5.74) is 0. The van der Waals surface area contributed by atoms with Crippen LogP contribution in [0.5, 0.6) is 0 Å². The fourth-order valence-electron chi connectivity index (χ4n) is 2.15. The van der Waals surface area contributed by atoms with E-state index in [1.807, 2.05) is 0 Å². The maximum Gasteiger partial charge on any atom is 0.133 e. The third-order valence-corrected chi connectivity index (χ3v) is 2.91. The molecule has 12 heavy (non-hydrogen) atoms. The predicted octanol–water partition coefficient (Wildman–Crippen LogP) is 2.49. The standard InChI is InChI=1S/C11H14O/c12-11-7-6-9-4-2-1-3-5-10(9)8-11/h1-3,5,9-10H,4,6-8H2/t9-,10-/m0/s1. The number of rotatable bonds is 0. The molecular weight excluding hydrogens is 148 g/mol. The second kappa shape index (κ2) is 3.26. The summed E-state index contributed by atoms with van der Waals surface area (Å²) in [5, 5.41) is 0. The highest BCUT2D eigenvalue weighted by Gasteiger charge is 2.26. The summed E-state index contributed by atoms with van der Waals surface area (Å²) in [6, 6.07) is 0. The highest BCUT2D eigenvalue weighted by Crippen LogP contribution is 2.32. The molecule has 0 spiro atoms. The van der Waals surface area contributed by atoms with Gasteiger partial charge < -0.3 is 0 Å². The Balaban J connectivity index is 2.11. The van der Waals surface area contributed by atoms with Crippen LogP contribution in [0.1, 0.15) is 25.7 Å². The molecule has 0 saturated heterocycles. The minimum atomic E-state index is 0.447. The fourth-order valence-corrected chi connectivity index (χ4v) is 2.15. The molecule has 0 N–H and O–H groups in total. The van der Waals surface area contributed by atoms with Crippen molar-refractivity contribution in [1.29, 1.82) is 0 Å². The molecule has 0 aromatic carbocycles. The molecule has 1 heteroatoms. The highest BCUT2D eigenvalue weighted by molar-refractivity contribution is 5.79. The van der Waals surface area contributed by atoms with Crippen molar-refractivity contribution in [2.45, 2.75) is 25.7 Å². The van der Waals surface area contributed by atoms with E-state index < -0.39 is 0 Å². The zero-order valence-corrected chi connectivity index (χ0v) is 7.20. The lowest BCUT2D eigenvalue weighted by molar-refractivity contribution is -0.122. The molecule has 0 radical (unpaired) electrons. The predicted molar refractivity (Wildman–Crippen MR) is 48.7 cm³/mol. The second-order valence-electron chi connectivity index (χ2n) is 3.75. The zero-order chi connectivity index (χ0) is 8.39.